The highest BCUT2D eigenvalue weighted by Crippen LogP contribution is 2.33. The number of unbranched alkanes of at least 4 members (excludes halogenated alkanes) is 2. The number of carbonyl (C=O) groups is 2. The van der Waals surface area contributed by atoms with Gasteiger partial charge in [0, 0.05) is 32.1 Å². The molecule has 230 valence electrons. The Morgan fingerprint density at radius 1 is 1.00 bits per heavy atom. The number of rotatable bonds is 8. The molecule has 0 bridgehead atoms. The molecule has 1 atom stereocenters. The first-order chi connectivity index (χ1) is 21.9. The highest BCUT2D eigenvalue weighted by molar-refractivity contribution is 6.00. The molecule has 1 unspecified atom stereocenters. The molecule has 2 aliphatic rings. The Morgan fingerprint density at radius 2 is 1.76 bits per heavy atom. The summed E-state index contributed by atoms with van der Waals surface area (Å²) in [4.78, 5) is 31.9. The van der Waals surface area contributed by atoms with Crippen molar-refractivity contribution in [2.45, 2.75) is 65.5 Å². The predicted octanol–water partition coefficient (Wildman–Crippen LogP) is 6.95. The summed E-state index contributed by atoms with van der Waals surface area (Å²) >= 11 is 0. The van der Waals surface area contributed by atoms with Gasteiger partial charge in [-0.05, 0) is 77.8 Å². The third-order valence-corrected chi connectivity index (χ3v) is 8.47. The van der Waals surface area contributed by atoms with E-state index >= 15 is 0 Å². The molecule has 0 saturated heterocycles. The normalized spacial score (nSPS) is 15.1. The molecule has 0 radical (unpaired) electrons. The van der Waals surface area contributed by atoms with Crippen molar-refractivity contribution in [1.82, 2.24) is 19.6 Å². The van der Waals surface area contributed by atoms with Gasteiger partial charge in [-0.2, -0.15) is 9.78 Å². The van der Waals surface area contributed by atoms with Crippen LogP contribution in [0, 0.1) is 24.8 Å². The molecule has 6 rings (SSSR count). The van der Waals surface area contributed by atoms with Crippen molar-refractivity contribution in [3.8, 4) is 34.7 Å². The van der Waals surface area contributed by atoms with E-state index in [-0.39, 0.29) is 29.2 Å². The molecule has 0 aliphatic carbocycles. The van der Waals surface area contributed by atoms with Crippen molar-refractivity contribution in [3.05, 3.63) is 100 Å². The first kappa shape index (κ1) is 30.1. The minimum atomic E-state index is -0.422. The van der Waals surface area contributed by atoms with Crippen LogP contribution in [0.3, 0.4) is 0 Å². The third-order valence-electron chi connectivity index (χ3n) is 8.47. The standard InChI is InChI=1S/C37H37FN4O3/c1-4-6-15-40(16-7-5-2)37(44)33-23-35-42(39-33)34-13-12-27(29-18-25(3)19-30(38)20-29)22-32(34)36(43)41-24-28-11-9-8-10-26(28)21-31(41)14-17-45-35/h8-13,18-20,22-23,31H,4-7,15-16,21,24H2,1-3H3. The van der Waals surface area contributed by atoms with Gasteiger partial charge in [0.1, 0.15) is 18.0 Å². The minimum absolute atomic E-state index is 0.184. The highest BCUT2D eigenvalue weighted by Gasteiger charge is 2.33. The zero-order valence-electron chi connectivity index (χ0n) is 26.0. The fourth-order valence-electron chi connectivity index (χ4n) is 6.03. The van der Waals surface area contributed by atoms with Crippen LogP contribution in [0.15, 0.2) is 66.7 Å². The summed E-state index contributed by atoms with van der Waals surface area (Å²) in [5, 5.41) is 4.71. The quantitative estimate of drug-likeness (QED) is 0.204. The van der Waals surface area contributed by atoms with E-state index in [9.17, 15) is 14.0 Å². The minimum Gasteiger partial charge on any atom is -0.387 e. The van der Waals surface area contributed by atoms with Crippen LogP contribution in [0.25, 0.3) is 16.8 Å². The summed E-state index contributed by atoms with van der Waals surface area (Å²) in [6.45, 7) is 7.70. The third kappa shape index (κ3) is 6.21. The molecule has 4 aromatic rings. The molecule has 2 aliphatic heterocycles. The summed E-state index contributed by atoms with van der Waals surface area (Å²) in [6, 6.07) is 19.5. The summed E-state index contributed by atoms with van der Waals surface area (Å²) in [7, 11) is 0. The number of aryl methyl sites for hydroxylation is 1. The van der Waals surface area contributed by atoms with Gasteiger partial charge in [-0.15, -0.1) is 0 Å². The first-order valence-corrected chi connectivity index (χ1v) is 15.7. The van der Waals surface area contributed by atoms with Crippen LogP contribution in [-0.2, 0) is 13.0 Å². The Morgan fingerprint density at radius 3 is 2.49 bits per heavy atom. The van der Waals surface area contributed by atoms with E-state index in [1.807, 2.05) is 42.2 Å². The summed E-state index contributed by atoms with van der Waals surface area (Å²) in [6.07, 6.45) is 7.11. The lowest BCUT2D eigenvalue weighted by atomic mass is 9.93. The fourth-order valence-corrected chi connectivity index (χ4v) is 6.03. The molecule has 45 heavy (non-hydrogen) atoms. The van der Waals surface area contributed by atoms with Gasteiger partial charge in [0.25, 0.3) is 11.8 Å². The van der Waals surface area contributed by atoms with Crippen LogP contribution >= 0.6 is 0 Å². The van der Waals surface area contributed by atoms with Crippen LogP contribution in [0.4, 0.5) is 4.39 Å². The molecule has 3 heterocycles. The van der Waals surface area contributed by atoms with Gasteiger partial charge in [-0.3, -0.25) is 9.59 Å². The number of halogens is 1. The number of hydrogen-bond donors (Lipinski definition) is 0. The average molecular weight is 605 g/mol. The van der Waals surface area contributed by atoms with Gasteiger partial charge < -0.3 is 14.5 Å². The van der Waals surface area contributed by atoms with Crippen molar-refractivity contribution in [2.24, 2.45) is 0 Å². The van der Waals surface area contributed by atoms with Gasteiger partial charge >= 0.3 is 0 Å². The van der Waals surface area contributed by atoms with E-state index < -0.39 is 6.04 Å². The second kappa shape index (κ2) is 13.0. The molecule has 1 aromatic heterocycles. The van der Waals surface area contributed by atoms with Crippen molar-refractivity contribution >= 4 is 11.8 Å². The van der Waals surface area contributed by atoms with Crippen LogP contribution < -0.4 is 4.74 Å². The molecule has 2 amide bonds. The maximum absolute atomic E-state index is 14.5. The molecule has 0 saturated carbocycles. The second-order valence-electron chi connectivity index (χ2n) is 11.8. The van der Waals surface area contributed by atoms with E-state index in [0.717, 1.165) is 42.4 Å². The lowest BCUT2D eigenvalue weighted by Crippen LogP contribution is -2.44. The number of fused-ring (bicyclic) bond motifs is 5. The molecular weight excluding hydrogens is 567 g/mol. The number of carbonyl (C=O) groups excluding carboxylic acids is 2. The van der Waals surface area contributed by atoms with Crippen LogP contribution in [0.2, 0.25) is 0 Å². The van der Waals surface area contributed by atoms with Crippen molar-refractivity contribution in [2.75, 3.05) is 13.1 Å². The summed E-state index contributed by atoms with van der Waals surface area (Å²) in [5.74, 6) is 2.66. The van der Waals surface area contributed by atoms with Gasteiger partial charge in [-0.25, -0.2) is 4.39 Å². The molecule has 0 fully saturated rings. The zero-order valence-corrected chi connectivity index (χ0v) is 26.0. The van der Waals surface area contributed by atoms with Crippen molar-refractivity contribution in [1.29, 1.82) is 0 Å². The van der Waals surface area contributed by atoms with E-state index in [0.29, 0.717) is 48.4 Å². The number of ether oxygens (including phenoxy) is 1. The Labute approximate surface area is 263 Å². The molecule has 7 nitrogen and oxygen atoms in total. The SMILES string of the molecule is CCCCN(CCCC)C(=O)c1cc2n(n1)-c1ccc(-c3cc(C)cc(F)c3)cc1C(=O)N1Cc3ccccc3CC1C#CO2. The molecule has 0 spiro atoms. The Balaban J connectivity index is 1.49. The van der Waals surface area contributed by atoms with Gasteiger partial charge in [0.15, 0.2) is 5.69 Å². The number of hydrogen-bond acceptors (Lipinski definition) is 4. The van der Waals surface area contributed by atoms with E-state index in [1.54, 1.807) is 23.1 Å². The van der Waals surface area contributed by atoms with Crippen LogP contribution in [0.5, 0.6) is 5.88 Å². The molecule has 0 N–H and O–H groups in total. The first-order valence-electron chi connectivity index (χ1n) is 15.7. The Bertz CT molecular complexity index is 1790. The predicted molar refractivity (Wildman–Crippen MR) is 172 cm³/mol. The maximum atomic E-state index is 14.5. The maximum Gasteiger partial charge on any atom is 0.274 e. The topological polar surface area (TPSA) is 67.7 Å². The lowest BCUT2D eigenvalue weighted by molar-refractivity contribution is 0.0688. The van der Waals surface area contributed by atoms with Crippen LogP contribution in [-0.4, -0.2) is 50.5 Å². The number of benzene rings is 3. The Kier molecular flexibility index (Phi) is 8.70. The number of nitrogens with zero attached hydrogens (tertiary/aromatic N) is 4. The monoisotopic (exact) mass is 604 g/mol. The average Bonchev–Trinajstić information content (AvgIpc) is 3.47. The van der Waals surface area contributed by atoms with E-state index in [2.05, 4.69) is 31.9 Å². The number of amides is 2. The van der Waals surface area contributed by atoms with Crippen LogP contribution in [0.1, 0.15) is 77.1 Å². The Hall–Kier alpha value is -4.90. The van der Waals surface area contributed by atoms with Gasteiger partial charge in [0.05, 0.1) is 11.3 Å². The van der Waals surface area contributed by atoms with Crippen molar-refractivity contribution in [3.63, 3.8) is 0 Å². The fraction of sp³-hybridized carbons (Fsp3) is 0.324. The van der Waals surface area contributed by atoms with E-state index in [1.165, 1.54) is 16.8 Å². The zero-order chi connectivity index (χ0) is 31.5. The molecule has 8 heteroatoms. The summed E-state index contributed by atoms with van der Waals surface area (Å²) in [5.41, 5.74) is 5.39. The van der Waals surface area contributed by atoms with Gasteiger partial charge in [-0.1, -0.05) is 63.1 Å². The van der Waals surface area contributed by atoms with Gasteiger partial charge in [0.2, 0.25) is 5.88 Å². The highest BCUT2D eigenvalue weighted by atomic mass is 19.1. The number of aromatic nitrogens is 2. The van der Waals surface area contributed by atoms with E-state index in [4.69, 9.17) is 9.84 Å². The molecule has 3 aromatic carbocycles. The lowest BCUT2D eigenvalue weighted by Gasteiger charge is -2.34. The second-order valence-corrected chi connectivity index (χ2v) is 11.8. The largest absolute Gasteiger partial charge is 0.387 e. The smallest absolute Gasteiger partial charge is 0.274 e. The van der Waals surface area contributed by atoms with Crippen molar-refractivity contribution < 1.29 is 18.7 Å². The molecular formula is C37H37FN4O3. The summed E-state index contributed by atoms with van der Waals surface area (Å²) < 4.78 is 21.9.